The van der Waals surface area contributed by atoms with Crippen LogP contribution in [0.1, 0.15) is 12.8 Å². The first kappa shape index (κ1) is 13.8. The van der Waals surface area contributed by atoms with E-state index in [9.17, 15) is 4.79 Å². The van der Waals surface area contributed by atoms with Gasteiger partial charge in [-0.3, -0.25) is 9.69 Å². The lowest BCUT2D eigenvalue weighted by Crippen LogP contribution is -2.38. The highest BCUT2D eigenvalue weighted by Gasteiger charge is 2.28. The molecule has 104 valence electrons. The van der Waals surface area contributed by atoms with Gasteiger partial charge in [0.1, 0.15) is 0 Å². The molecule has 2 aliphatic rings. The third-order valence-corrected chi connectivity index (χ3v) is 3.86. The summed E-state index contributed by atoms with van der Waals surface area (Å²) in [5.41, 5.74) is 0. The Labute approximate surface area is 109 Å². The van der Waals surface area contributed by atoms with Gasteiger partial charge in [0.05, 0.1) is 26.2 Å². The zero-order valence-corrected chi connectivity index (χ0v) is 11.3. The summed E-state index contributed by atoms with van der Waals surface area (Å²) in [4.78, 5) is 16.2. The lowest BCUT2D eigenvalue weighted by atomic mass is 10.1. The first-order valence-electron chi connectivity index (χ1n) is 6.90. The van der Waals surface area contributed by atoms with Crippen LogP contribution in [-0.2, 0) is 14.3 Å². The van der Waals surface area contributed by atoms with Crippen molar-refractivity contribution in [1.29, 1.82) is 0 Å². The predicted octanol–water partition coefficient (Wildman–Crippen LogP) is 0.204. The molecule has 0 aromatic rings. The Morgan fingerprint density at radius 1 is 1.22 bits per heavy atom. The number of carbonyl (C=O) groups is 1. The van der Waals surface area contributed by atoms with Crippen LogP contribution in [0, 0.1) is 5.92 Å². The van der Waals surface area contributed by atoms with Gasteiger partial charge in [0.25, 0.3) is 0 Å². The van der Waals surface area contributed by atoms with Gasteiger partial charge in [-0.1, -0.05) is 0 Å². The van der Waals surface area contributed by atoms with Crippen LogP contribution in [0.15, 0.2) is 0 Å². The number of methoxy groups -OCH3 is 1. The molecule has 2 fully saturated rings. The second kappa shape index (κ2) is 7.07. The minimum absolute atomic E-state index is 0.0503. The monoisotopic (exact) mass is 256 g/mol. The van der Waals surface area contributed by atoms with Crippen LogP contribution in [-0.4, -0.2) is 75.4 Å². The third kappa shape index (κ3) is 3.93. The Bertz CT molecular complexity index is 267. The summed E-state index contributed by atoms with van der Waals surface area (Å²) in [5, 5.41) is 0. The van der Waals surface area contributed by atoms with Crippen molar-refractivity contribution in [2.75, 3.05) is 59.6 Å². The molecule has 0 amide bonds. The Morgan fingerprint density at radius 2 is 1.94 bits per heavy atom. The second-order valence-corrected chi connectivity index (χ2v) is 5.12. The SMILES string of the molecule is COC(=O)C1CCN(CCCN2CCOCC2)C1. The fourth-order valence-electron chi connectivity index (χ4n) is 2.74. The number of carbonyl (C=O) groups excluding carboxylic acids is 1. The number of hydrogen-bond donors (Lipinski definition) is 0. The molecular formula is C13H24N2O3. The largest absolute Gasteiger partial charge is 0.469 e. The first-order chi connectivity index (χ1) is 8.79. The van der Waals surface area contributed by atoms with Crippen molar-refractivity contribution in [3.63, 3.8) is 0 Å². The van der Waals surface area contributed by atoms with Crippen molar-refractivity contribution in [3.8, 4) is 0 Å². The van der Waals surface area contributed by atoms with E-state index in [2.05, 4.69) is 9.80 Å². The van der Waals surface area contributed by atoms with Gasteiger partial charge in [0.15, 0.2) is 0 Å². The van der Waals surface area contributed by atoms with Gasteiger partial charge < -0.3 is 14.4 Å². The van der Waals surface area contributed by atoms with Crippen molar-refractivity contribution in [2.45, 2.75) is 12.8 Å². The average Bonchev–Trinajstić information content (AvgIpc) is 2.88. The van der Waals surface area contributed by atoms with E-state index < -0.39 is 0 Å². The van der Waals surface area contributed by atoms with Crippen LogP contribution in [0.2, 0.25) is 0 Å². The molecule has 1 atom stereocenters. The zero-order valence-electron chi connectivity index (χ0n) is 11.3. The fraction of sp³-hybridized carbons (Fsp3) is 0.923. The van der Waals surface area contributed by atoms with Crippen molar-refractivity contribution in [3.05, 3.63) is 0 Å². The molecular weight excluding hydrogens is 232 g/mol. The van der Waals surface area contributed by atoms with Gasteiger partial charge in [-0.2, -0.15) is 0 Å². The van der Waals surface area contributed by atoms with Gasteiger partial charge in [-0.25, -0.2) is 0 Å². The molecule has 5 heteroatoms. The van der Waals surface area contributed by atoms with Crippen molar-refractivity contribution in [2.24, 2.45) is 5.92 Å². The van der Waals surface area contributed by atoms with Crippen LogP contribution >= 0.6 is 0 Å². The van der Waals surface area contributed by atoms with E-state index in [0.717, 1.165) is 58.9 Å². The van der Waals surface area contributed by atoms with Crippen molar-refractivity contribution >= 4 is 5.97 Å². The molecule has 2 rings (SSSR count). The summed E-state index contributed by atoms with van der Waals surface area (Å²) in [6, 6.07) is 0. The molecule has 0 aromatic heterocycles. The van der Waals surface area contributed by atoms with Crippen LogP contribution in [0.25, 0.3) is 0 Å². The van der Waals surface area contributed by atoms with E-state index in [1.165, 1.54) is 13.5 Å². The maximum Gasteiger partial charge on any atom is 0.310 e. The van der Waals surface area contributed by atoms with Gasteiger partial charge >= 0.3 is 5.97 Å². The highest BCUT2D eigenvalue weighted by molar-refractivity contribution is 5.72. The van der Waals surface area contributed by atoms with Gasteiger partial charge in [0.2, 0.25) is 0 Å². The van der Waals surface area contributed by atoms with Crippen molar-refractivity contribution < 1.29 is 14.3 Å². The molecule has 1 unspecified atom stereocenters. The number of hydrogen-bond acceptors (Lipinski definition) is 5. The molecule has 18 heavy (non-hydrogen) atoms. The topological polar surface area (TPSA) is 42.0 Å². The van der Waals surface area contributed by atoms with Gasteiger partial charge in [-0.15, -0.1) is 0 Å². The summed E-state index contributed by atoms with van der Waals surface area (Å²) in [7, 11) is 1.48. The molecule has 0 aromatic carbocycles. The molecule has 5 nitrogen and oxygen atoms in total. The van der Waals surface area contributed by atoms with E-state index in [1.54, 1.807) is 0 Å². The third-order valence-electron chi connectivity index (χ3n) is 3.86. The number of likely N-dealkylation sites (tertiary alicyclic amines) is 1. The highest BCUT2D eigenvalue weighted by Crippen LogP contribution is 2.17. The van der Waals surface area contributed by atoms with E-state index in [0.29, 0.717) is 0 Å². The Kier molecular flexibility index (Phi) is 5.41. The summed E-state index contributed by atoms with van der Waals surface area (Å²) in [5.74, 6) is 0.0454. The lowest BCUT2D eigenvalue weighted by Gasteiger charge is -2.27. The highest BCUT2D eigenvalue weighted by atomic mass is 16.5. The smallest absolute Gasteiger partial charge is 0.310 e. The van der Waals surface area contributed by atoms with Crippen LogP contribution in [0.4, 0.5) is 0 Å². The number of nitrogens with zero attached hydrogens (tertiary/aromatic N) is 2. The maximum absolute atomic E-state index is 11.4. The Hall–Kier alpha value is -0.650. The average molecular weight is 256 g/mol. The quantitative estimate of drug-likeness (QED) is 0.658. The minimum atomic E-state index is -0.0503. The standard InChI is InChI=1S/C13H24N2O3/c1-17-13(16)12-3-6-15(11-12)5-2-4-14-7-9-18-10-8-14/h12H,2-11H2,1H3. The Morgan fingerprint density at radius 3 is 2.67 bits per heavy atom. The van der Waals surface area contributed by atoms with Crippen molar-refractivity contribution in [1.82, 2.24) is 9.80 Å². The molecule has 0 bridgehead atoms. The summed E-state index contributed by atoms with van der Waals surface area (Å²) in [6.07, 6.45) is 2.12. The molecule has 0 aliphatic carbocycles. The summed E-state index contributed by atoms with van der Waals surface area (Å²) < 4.78 is 10.1. The second-order valence-electron chi connectivity index (χ2n) is 5.12. The predicted molar refractivity (Wildman–Crippen MR) is 68.4 cm³/mol. The number of esters is 1. The van der Waals surface area contributed by atoms with E-state index in [1.807, 2.05) is 0 Å². The molecule has 0 saturated carbocycles. The van der Waals surface area contributed by atoms with Gasteiger partial charge in [0, 0.05) is 19.6 Å². The van der Waals surface area contributed by atoms with E-state index in [4.69, 9.17) is 9.47 Å². The molecule has 2 heterocycles. The normalized spacial score (nSPS) is 26.4. The summed E-state index contributed by atoms with van der Waals surface area (Å²) >= 11 is 0. The molecule has 0 spiro atoms. The maximum atomic E-state index is 11.4. The van der Waals surface area contributed by atoms with E-state index >= 15 is 0 Å². The van der Waals surface area contributed by atoms with Crippen LogP contribution in [0.3, 0.4) is 0 Å². The number of rotatable bonds is 5. The van der Waals surface area contributed by atoms with Crippen LogP contribution < -0.4 is 0 Å². The summed E-state index contributed by atoms with van der Waals surface area (Å²) in [6.45, 7) is 7.99. The lowest BCUT2D eigenvalue weighted by molar-refractivity contribution is -0.144. The Balaban J connectivity index is 1.58. The molecule has 0 radical (unpaired) electrons. The first-order valence-corrected chi connectivity index (χ1v) is 6.90. The number of morpholine rings is 1. The zero-order chi connectivity index (χ0) is 12.8. The van der Waals surface area contributed by atoms with Crippen LogP contribution in [0.5, 0.6) is 0 Å². The minimum Gasteiger partial charge on any atom is -0.469 e. The molecule has 0 N–H and O–H groups in total. The van der Waals surface area contributed by atoms with Gasteiger partial charge in [-0.05, 0) is 32.5 Å². The number of ether oxygens (including phenoxy) is 2. The molecule has 2 aliphatic heterocycles. The molecule has 2 saturated heterocycles. The van der Waals surface area contributed by atoms with E-state index in [-0.39, 0.29) is 11.9 Å². The fourth-order valence-corrected chi connectivity index (χ4v) is 2.74.